The number of amides is 1. The summed E-state index contributed by atoms with van der Waals surface area (Å²) in [4.78, 5) is 12.4. The van der Waals surface area contributed by atoms with Crippen LogP contribution in [0, 0.1) is 13.8 Å². The summed E-state index contributed by atoms with van der Waals surface area (Å²) in [5, 5.41) is 7.53. The molecule has 30 heavy (non-hydrogen) atoms. The summed E-state index contributed by atoms with van der Waals surface area (Å²) >= 11 is 0. The molecule has 0 bridgehead atoms. The summed E-state index contributed by atoms with van der Waals surface area (Å²) in [5.41, 5.74) is 5.00. The predicted molar refractivity (Wildman–Crippen MR) is 118 cm³/mol. The van der Waals surface area contributed by atoms with E-state index in [0.717, 1.165) is 28.1 Å². The van der Waals surface area contributed by atoms with Gasteiger partial charge in [0.25, 0.3) is 0 Å². The van der Waals surface area contributed by atoms with E-state index in [9.17, 15) is 4.79 Å². The van der Waals surface area contributed by atoms with Crippen LogP contribution in [0.3, 0.4) is 0 Å². The molecule has 0 radical (unpaired) electrons. The predicted octanol–water partition coefficient (Wildman–Crippen LogP) is 4.40. The third-order valence-electron chi connectivity index (χ3n) is 5.05. The van der Waals surface area contributed by atoms with Crippen LogP contribution in [-0.2, 0) is 4.79 Å². The molecule has 1 N–H and O–H groups in total. The Morgan fingerprint density at radius 1 is 1.10 bits per heavy atom. The molecular formula is C24H27N3O3. The highest BCUT2D eigenvalue weighted by molar-refractivity contribution is 5.92. The number of nitrogens with zero attached hydrogens (tertiary/aromatic N) is 2. The van der Waals surface area contributed by atoms with Gasteiger partial charge < -0.3 is 14.8 Å². The molecule has 0 saturated carbocycles. The summed E-state index contributed by atoms with van der Waals surface area (Å²) < 4.78 is 12.4. The van der Waals surface area contributed by atoms with Gasteiger partial charge in [0, 0.05) is 17.3 Å². The Hall–Kier alpha value is -3.54. The first-order valence-corrected chi connectivity index (χ1v) is 9.75. The van der Waals surface area contributed by atoms with Crippen LogP contribution in [0.4, 0.5) is 0 Å². The standard InChI is InChI=1S/C24H27N3O3/c1-16-8-6-7-9-21(16)27-18(3)20(15-25-27)17(2)26-24(28)13-11-19-10-12-22(29-4)23(14-19)30-5/h6-15,17H,1-5H3,(H,26,28)/b13-11+/t17-/m1/s1. The Kier molecular flexibility index (Phi) is 6.57. The van der Waals surface area contributed by atoms with Gasteiger partial charge in [-0.15, -0.1) is 0 Å². The minimum absolute atomic E-state index is 0.176. The fourth-order valence-electron chi connectivity index (χ4n) is 3.36. The van der Waals surface area contributed by atoms with Crippen molar-refractivity contribution in [2.45, 2.75) is 26.8 Å². The molecule has 3 aromatic rings. The largest absolute Gasteiger partial charge is 0.493 e. The van der Waals surface area contributed by atoms with Gasteiger partial charge in [-0.1, -0.05) is 24.3 Å². The van der Waals surface area contributed by atoms with Crippen molar-refractivity contribution in [3.05, 3.63) is 77.1 Å². The van der Waals surface area contributed by atoms with Gasteiger partial charge in [0.2, 0.25) is 5.91 Å². The summed E-state index contributed by atoms with van der Waals surface area (Å²) in [5.74, 6) is 1.09. The summed E-state index contributed by atoms with van der Waals surface area (Å²) in [6.45, 7) is 6.02. The zero-order chi connectivity index (χ0) is 21.7. The second kappa shape index (κ2) is 9.31. The average molecular weight is 405 g/mol. The first-order valence-electron chi connectivity index (χ1n) is 9.75. The summed E-state index contributed by atoms with van der Waals surface area (Å²) in [7, 11) is 3.17. The van der Waals surface area contributed by atoms with Crippen molar-refractivity contribution < 1.29 is 14.3 Å². The van der Waals surface area contributed by atoms with Crippen LogP contribution in [0.1, 0.15) is 35.3 Å². The number of hydrogen-bond donors (Lipinski definition) is 1. The lowest BCUT2D eigenvalue weighted by Crippen LogP contribution is -2.25. The SMILES string of the molecule is COc1ccc(/C=C/C(=O)N[C@H](C)c2cnn(-c3ccccc3C)c2C)cc1OC. The average Bonchev–Trinajstić information content (AvgIpc) is 3.13. The number of aryl methyl sites for hydroxylation is 1. The molecule has 0 unspecified atom stereocenters. The number of nitrogens with one attached hydrogen (secondary N) is 1. The molecule has 0 spiro atoms. The van der Waals surface area contributed by atoms with Crippen LogP contribution in [0.15, 0.2) is 54.7 Å². The molecule has 1 amide bonds. The summed E-state index contributed by atoms with van der Waals surface area (Å²) in [6.07, 6.45) is 5.07. The maximum atomic E-state index is 12.4. The molecule has 0 fully saturated rings. The quantitative estimate of drug-likeness (QED) is 0.592. The van der Waals surface area contributed by atoms with Crippen LogP contribution in [0.25, 0.3) is 11.8 Å². The van der Waals surface area contributed by atoms with Gasteiger partial charge in [-0.05, 0) is 56.2 Å². The van der Waals surface area contributed by atoms with Gasteiger partial charge in [-0.2, -0.15) is 5.10 Å². The number of methoxy groups -OCH3 is 2. The molecule has 0 saturated heterocycles. The maximum Gasteiger partial charge on any atom is 0.244 e. The first-order chi connectivity index (χ1) is 14.4. The number of hydrogen-bond acceptors (Lipinski definition) is 4. The van der Waals surface area contributed by atoms with Crippen molar-refractivity contribution in [1.82, 2.24) is 15.1 Å². The highest BCUT2D eigenvalue weighted by Crippen LogP contribution is 2.28. The smallest absolute Gasteiger partial charge is 0.244 e. The molecule has 6 heteroatoms. The Bertz CT molecular complexity index is 1070. The van der Waals surface area contributed by atoms with E-state index in [0.29, 0.717) is 11.5 Å². The third-order valence-corrected chi connectivity index (χ3v) is 5.05. The van der Waals surface area contributed by atoms with Crippen LogP contribution in [-0.4, -0.2) is 29.9 Å². The number of para-hydroxylation sites is 1. The minimum Gasteiger partial charge on any atom is -0.493 e. The molecule has 3 rings (SSSR count). The minimum atomic E-state index is -0.180. The van der Waals surface area contributed by atoms with E-state index in [1.165, 1.54) is 6.08 Å². The molecule has 1 aromatic heterocycles. The molecule has 1 heterocycles. The van der Waals surface area contributed by atoms with E-state index in [1.54, 1.807) is 20.3 Å². The number of carbonyl (C=O) groups excluding carboxylic acids is 1. The van der Waals surface area contributed by atoms with Crippen molar-refractivity contribution in [3.63, 3.8) is 0 Å². The van der Waals surface area contributed by atoms with Gasteiger partial charge in [0.05, 0.1) is 32.1 Å². The molecule has 6 nitrogen and oxygen atoms in total. The molecule has 0 aliphatic carbocycles. The number of benzene rings is 2. The molecule has 2 aromatic carbocycles. The van der Waals surface area contributed by atoms with Crippen molar-refractivity contribution in [2.75, 3.05) is 14.2 Å². The highest BCUT2D eigenvalue weighted by Gasteiger charge is 2.16. The van der Waals surface area contributed by atoms with E-state index in [2.05, 4.69) is 23.4 Å². The summed E-state index contributed by atoms with van der Waals surface area (Å²) in [6, 6.07) is 13.4. The zero-order valence-electron chi connectivity index (χ0n) is 18.0. The van der Waals surface area contributed by atoms with Crippen LogP contribution in [0.5, 0.6) is 11.5 Å². The van der Waals surface area contributed by atoms with Crippen molar-refractivity contribution in [1.29, 1.82) is 0 Å². The molecule has 0 aliphatic heterocycles. The maximum absolute atomic E-state index is 12.4. The van der Waals surface area contributed by atoms with E-state index in [4.69, 9.17) is 9.47 Å². The first kappa shape index (κ1) is 21.2. The fraction of sp³-hybridized carbons (Fsp3) is 0.250. The highest BCUT2D eigenvalue weighted by atomic mass is 16.5. The van der Waals surface area contributed by atoms with E-state index in [1.807, 2.05) is 61.1 Å². The van der Waals surface area contributed by atoms with Gasteiger partial charge >= 0.3 is 0 Å². The van der Waals surface area contributed by atoms with Crippen LogP contribution in [0.2, 0.25) is 0 Å². The Morgan fingerprint density at radius 2 is 1.83 bits per heavy atom. The second-order valence-electron chi connectivity index (χ2n) is 7.06. The third kappa shape index (κ3) is 4.54. The lowest BCUT2D eigenvalue weighted by molar-refractivity contribution is -0.117. The van der Waals surface area contributed by atoms with E-state index in [-0.39, 0.29) is 11.9 Å². The van der Waals surface area contributed by atoms with Crippen LogP contribution >= 0.6 is 0 Å². The van der Waals surface area contributed by atoms with Gasteiger partial charge in [-0.3, -0.25) is 4.79 Å². The lowest BCUT2D eigenvalue weighted by Gasteiger charge is -2.13. The van der Waals surface area contributed by atoms with Crippen molar-refractivity contribution in [3.8, 4) is 17.2 Å². The zero-order valence-corrected chi connectivity index (χ0v) is 18.0. The molecular weight excluding hydrogens is 378 g/mol. The molecule has 1 atom stereocenters. The van der Waals surface area contributed by atoms with Gasteiger partial charge in [-0.25, -0.2) is 4.68 Å². The number of aromatic nitrogens is 2. The Labute approximate surface area is 177 Å². The number of ether oxygens (including phenoxy) is 2. The molecule has 0 aliphatic rings. The van der Waals surface area contributed by atoms with Crippen molar-refractivity contribution >= 4 is 12.0 Å². The normalized spacial score (nSPS) is 12.0. The van der Waals surface area contributed by atoms with E-state index < -0.39 is 0 Å². The van der Waals surface area contributed by atoms with Crippen LogP contribution < -0.4 is 14.8 Å². The number of rotatable bonds is 7. The molecule has 156 valence electrons. The second-order valence-corrected chi connectivity index (χ2v) is 7.06. The monoisotopic (exact) mass is 405 g/mol. The lowest BCUT2D eigenvalue weighted by atomic mass is 10.1. The van der Waals surface area contributed by atoms with Gasteiger partial charge in [0.1, 0.15) is 0 Å². The Morgan fingerprint density at radius 3 is 2.53 bits per heavy atom. The van der Waals surface area contributed by atoms with Crippen molar-refractivity contribution in [2.24, 2.45) is 0 Å². The topological polar surface area (TPSA) is 65.4 Å². The van der Waals surface area contributed by atoms with E-state index >= 15 is 0 Å². The number of carbonyl (C=O) groups is 1. The van der Waals surface area contributed by atoms with Gasteiger partial charge in [0.15, 0.2) is 11.5 Å². The fourth-order valence-corrected chi connectivity index (χ4v) is 3.36. The Balaban J connectivity index is 1.71.